The Hall–Kier alpha value is -1.59. The molecule has 9 nitrogen and oxygen atoms in total. The minimum absolute atomic E-state index is 0.304. The lowest BCUT2D eigenvalue weighted by molar-refractivity contribution is -0.0534. The zero-order valence-electron chi connectivity index (χ0n) is 10.6. The lowest BCUT2D eigenvalue weighted by atomic mass is 10.1. The number of aromatic amines is 1. The minimum Gasteiger partial charge on any atom is -0.418 e. The minimum atomic E-state index is -0.955. The average Bonchev–Trinajstić information content (AvgIpc) is 3.00. The van der Waals surface area contributed by atoms with E-state index in [-0.39, 0.29) is 12.2 Å². The standard InChI is InChI=1S/C10H14N4O5Si/c15-2-5-6(16)7(19-20)10(18-5)14-8-4(1-13-14)9(17)12-3-11-8/h1,3,5-7,10,15-16H,2H2,20H3,(H,11,12,17)/t5-,6-,7-,10-/m1/s1. The molecule has 2 aromatic rings. The van der Waals surface area contributed by atoms with Crippen molar-refractivity contribution in [3.05, 3.63) is 22.9 Å². The third kappa shape index (κ3) is 1.89. The number of aliphatic hydroxyl groups is 2. The predicted molar refractivity (Wildman–Crippen MR) is 70.0 cm³/mol. The van der Waals surface area contributed by atoms with Gasteiger partial charge in [-0.3, -0.25) is 4.79 Å². The Bertz CT molecular complexity index is 673. The zero-order valence-corrected chi connectivity index (χ0v) is 12.6. The van der Waals surface area contributed by atoms with E-state index in [9.17, 15) is 15.0 Å². The predicted octanol–water partition coefficient (Wildman–Crippen LogP) is -2.96. The van der Waals surface area contributed by atoms with E-state index in [4.69, 9.17) is 9.16 Å². The fraction of sp³-hybridized carbons (Fsp3) is 0.500. The summed E-state index contributed by atoms with van der Waals surface area (Å²) in [5.74, 6) is 0. The molecule has 4 atom stereocenters. The van der Waals surface area contributed by atoms with Gasteiger partial charge in [-0.2, -0.15) is 5.10 Å². The summed E-state index contributed by atoms with van der Waals surface area (Å²) in [5, 5.41) is 23.6. The van der Waals surface area contributed by atoms with E-state index < -0.39 is 24.5 Å². The molecule has 0 amide bonds. The van der Waals surface area contributed by atoms with Crippen LogP contribution in [-0.2, 0) is 9.16 Å². The van der Waals surface area contributed by atoms with E-state index in [2.05, 4.69) is 15.1 Å². The van der Waals surface area contributed by atoms with Gasteiger partial charge in [-0.15, -0.1) is 0 Å². The van der Waals surface area contributed by atoms with Crippen molar-refractivity contribution >= 4 is 21.5 Å². The van der Waals surface area contributed by atoms with Crippen molar-refractivity contribution in [2.75, 3.05) is 6.61 Å². The van der Waals surface area contributed by atoms with Crippen molar-refractivity contribution in [1.82, 2.24) is 19.7 Å². The highest BCUT2D eigenvalue weighted by Crippen LogP contribution is 2.31. The normalized spacial score (nSPS) is 30.3. The number of fused-ring (bicyclic) bond motifs is 1. The van der Waals surface area contributed by atoms with Crippen molar-refractivity contribution in [3.63, 3.8) is 0 Å². The van der Waals surface area contributed by atoms with E-state index in [0.717, 1.165) is 0 Å². The summed E-state index contributed by atoms with van der Waals surface area (Å²) in [7, 11) is 0.389. The van der Waals surface area contributed by atoms with Crippen LogP contribution in [0.4, 0.5) is 0 Å². The Morgan fingerprint density at radius 3 is 3.10 bits per heavy atom. The molecule has 0 radical (unpaired) electrons. The number of nitrogens with one attached hydrogen (secondary N) is 1. The largest absolute Gasteiger partial charge is 0.418 e. The highest BCUT2D eigenvalue weighted by molar-refractivity contribution is 5.98. The Labute approximate surface area is 115 Å². The van der Waals surface area contributed by atoms with Gasteiger partial charge in [0.15, 0.2) is 11.9 Å². The summed E-state index contributed by atoms with van der Waals surface area (Å²) < 4.78 is 12.3. The molecule has 1 fully saturated rings. The average molecular weight is 298 g/mol. The van der Waals surface area contributed by atoms with Crippen LogP contribution in [-0.4, -0.2) is 65.4 Å². The van der Waals surface area contributed by atoms with Gasteiger partial charge in [-0.25, -0.2) is 9.67 Å². The first-order valence-corrected chi connectivity index (χ1v) is 6.87. The molecule has 0 spiro atoms. The molecule has 0 saturated carbocycles. The van der Waals surface area contributed by atoms with Crippen molar-refractivity contribution < 1.29 is 19.4 Å². The van der Waals surface area contributed by atoms with Gasteiger partial charge in [-0.05, 0) is 0 Å². The second kappa shape index (κ2) is 5.07. The Morgan fingerprint density at radius 2 is 2.40 bits per heavy atom. The molecular weight excluding hydrogens is 284 g/mol. The molecule has 1 saturated heterocycles. The summed E-state index contributed by atoms with van der Waals surface area (Å²) >= 11 is 0. The molecule has 3 heterocycles. The maximum Gasteiger partial charge on any atom is 0.261 e. The number of H-pyrrole nitrogens is 1. The van der Waals surface area contributed by atoms with Gasteiger partial charge >= 0.3 is 0 Å². The number of rotatable bonds is 3. The second-order valence-corrected chi connectivity index (χ2v) is 4.97. The number of hydrogen-bond acceptors (Lipinski definition) is 7. The third-order valence-corrected chi connectivity index (χ3v) is 3.95. The fourth-order valence-electron chi connectivity index (χ4n) is 2.38. The number of nitrogens with zero attached hydrogens (tertiary/aromatic N) is 3. The molecule has 1 aliphatic rings. The third-order valence-electron chi connectivity index (χ3n) is 3.40. The number of hydrogen-bond donors (Lipinski definition) is 3. The van der Waals surface area contributed by atoms with Crippen molar-refractivity contribution in [3.8, 4) is 0 Å². The molecule has 10 heteroatoms. The van der Waals surface area contributed by atoms with E-state index in [0.29, 0.717) is 21.5 Å². The van der Waals surface area contributed by atoms with Crippen molar-refractivity contribution in [2.45, 2.75) is 24.5 Å². The lowest BCUT2D eigenvalue weighted by Gasteiger charge is -2.19. The van der Waals surface area contributed by atoms with Crippen LogP contribution >= 0.6 is 0 Å². The van der Waals surface area contributed by atoms with Crippen LogP contribution in [0, 0.1) is 0 Å². The Balaban J connectivity index is 2.06. The maximum absolute atomic E-state index is 11.6. The Morgan fingerprint density at radius 1 is 1.60 bits per heavy atom. The van der Waals surface area contributed by atoms with Crippen LogP contribution in [0.1, 0.15) is 6.23 Å². The van der Waals surface area contributed by atoms with Gasteiger partial charge in [0.05, 0.1) is 19.1 Å². The van der Waals surface area contributed by atoms with Gasteiger partial charge in [0, 0.05) is 0 Å². The second-order valence-electron chi connectivity index (χ2n) is 4.50. The molecular formula is C10H14N4O5Si. The first-order chi connectivity index (χ1) is 9.67. The zero-order chi connectivity index (χ0) is 14.3. The van der Waals surface area contributed by atoms with Crippen LogP contribution in [0.25, 0.3) is 11.0 Å². The van der Waals surface area contributed by atoms with Crippen LogP contribution < -0.4 is 5.56 Å². The molecule has 108 valence electrons. The quantitative estimate of drug-likeness (QED) is 0.517. The molecule has 0 unspecified atom stereocenters. The molecule has 0 aliphatic carbocycles. The lowest BCUT2D eigenvalue weighted by Crippen LogP contribution is -2.35. The van der Waals surface area contributed by atoms with Crippen LogP contribution in [0.3, 0.4) is 0 Å². The highest BCUT2D eigenvalue weighted by atomic mass is 28.2. The monoisotopic (exact) mass is 298 g/mol. The SMILES string of the molecule is O=c1[nH]cnc2c1cnn2[C@@H]1O[C@H](CO)[C@@H](O)[C@H]1O[SiH3]. The summed E-state index contributed by atoms with van der Waals surface area (Å²) in [4.78, 5) is 18.2. The van der Waals surface area contributed by atoms with E-state index in [1.807, 2.05) is 0 Å². The number of ether oxygens (including phenoxy) is 1. The summed E-state index contributed by atoms with van der Waals surface area (Å²) in [6, 6.07) is 0. The van der Waals surface area contributed by atoms with Crippen LogP contribution in [0.2, 0.25) is 0 Å². The van der Waals surface area contributed by atoms with E-state index in [1.54, 1.807) is 0 Å². The number of aliphatic hydroxyl groups excluding tert-OH is 2. The smallest absolute Gasteiger partial charge is 0.261 e. The van der Waals surface area contributed by atoms with Crippen molar-refractivity contribution in [1.29, 1.82) is 0 Å². The number of aromatic nitrogens is 4. The summed E-state index contributed by atoms with van der Waals surface area (Å²) in [5.41, 5.74) is 0.0371. The van der Waals surface area contributed by atoms with Crippen LogP contribution in [0.5, 0.6) is 0 Å². The molecule has 0 aromatic carbocycles. The molecule has 0 bridgehead atoms. The van der Waals surface area contributed by atoms with E-state index >= 15 is 0 Å². The van der Waals surface area contributed by atoms with Crippen LogP contribution in [0.15, 0.2) is 17.3 Å². The first-order valence-electron chi connectivity index (χ1n) is 6.05. The van der Waals surface area contributed by atoms with Gasteiger partial charge in [0.2, 0.25) is 0 Å². The molecule has 3 rings (SSSR count). The topological polar surface area (TPSA) is 122 Å². The maximum atomic E-state index is 11.6. The van der Waals surface area contributed by atoms with Gasteiger partial charge < -0.3 is 24.4 Å². The molecule has 20 heavy (non-hydrogen) atoms. The highest BCUT2D eigenvalue weighted by Gasteiger charge is 2.45. The van der Waals surface area contributed by atoms with Gasteiger partial charge in [0.25, 0.3) is 5.56 Å². The van der Waals surface area contributed by atoms with Crippen molar-refractivity contribution in [2.24, 2.45) is 0 Å². The first kappa shape index (κ1) is 13.4. The van der Waals surface area contributed by atoms with Gasteiger partial charge in [0.1, 0.15) is 34.2 Å². The molecule has 3 N–H and O–H groups in total. The Kier molecular flexibility index (Phi) is 3.39. The summed E-state index contributed by atoms with van der Waals surface area (Å²) in [6.07, 6.45) is -0.430. The molecule has 1 aliphatic heterocycles. The van der Waals surface area contributed by atoms with Gasteiger partial charge in [-0.1, -0.05) is 0 Å². The van der Waals surface area contributed by atoms with E-state index in [1.165, 1.54) is 17.2 Å². The molecule has 2 aromatic heterocycles. The summed E-state index contributed by atoms with van der Waals surface area (Å²) in [6.45, 7) is -0.327. The fourth-order valence-corrected chi connectivity index (χ4v) is 2.89.